The Morgan fingerprint density at radius 1 is 1.41 bits per heavy atom. The summed E-state index contributed by atoms with van der Waals surface area (Å²) in [6.45, 7) is 2.69. The summed E-state index contributed by atoms with van der Waals surface area (Å²) >= 11 is 1.61. The number of pyridine rings is 1. The van der Waals surface area contributed by atoms with Gasteiger partial charge in [0, 0.05) is 24.0 Å². The van der Waals surface area contributed by atoms with E-state index in [-0.39, 0.29) is 6.04 Å². The van der Waals surface area contributed by atoms with Crippen LogP contribution in [0.15, 0.2) is 29.8 Å². The molecule has 2 rings (SSSR count). The van der Waals surface area contributed by atoms with Crippen LogP contribution in [0.4, 0.5) is 5.13 Å². The molecule has 2 heterocycles. The molecule has 0 aromatic carbocycles. The highest BCUT2D eigenvalue weighted by Gasteiger charge is 2.04. The van der Waals surface area contributed by atoms with Crippen molar-refractivity contribution in [2.45, 2.75) is 25.9 Å². The maximum atomic E-state index is 5.73. The fraction of sp³-hybridized carbons (Fsp3) is 0.333. The topological polar surface area (TPSA) is 63.8 Å². The van der Waals surface area contributed by atoms with Gasteiger partial charge in [0.2, 0.25) is 0 Å². The van der Waals surface area contributed by atoms with Gasteiger partial charge >= 0.3 is 0 Å². The summed E-state index contributed by atoms with van der Waals surface area (Å²) in [7, 11) is 0. The van der Waals surface area contributed by atoms with Crippen LogP contribution in [0.5, 0.6) is 0 Å². The van der Waals surface area contributed by atoms with E-state index in [1.54, 1.807) is 17.5 Å². The van der Waals surface area contributed by atoms with Crippen molar-refractivity contribution >= 4 is 16.5 Å². The van der Waals surface area contributed by atoms with Gasteiger partial charge in [-0.2, -0.15) is 0 Å². The highest BCUT2D eigenvalue weighted by molar-refractivity contribution is 7.13. The SMILES string of the molecule is CC(N)Cc1csc(NCc2ccccn2)n1. The van der Waals surface area contributed by atoms with Crippen LogP contribution in [-0.2, 0) is 13.0 Å². The Morgan fingerprint density at radius 3 is 3.00 bits per heavy atom. The molecule has 0 fully saturated rings. The van der Waals surface area contributed by atoms with Crippen molar-refractivity contribution in [3.05, 3.63) is 41.2 Å². The highest BCUT2D eigenvalue weighted by atomic mass is 32.1. The normalized spacial score (nSPS) is 12.4. The number of nitrogens with two attached hydrogens (primary N) is 1. The highest BCUT2D eigenvalue weighted by Crippen LogP contribution is 2.16. The predicted molar refractivity (Wildman–Crippen MR) is 71.0 cm³/mol. The minimum atomic E-state index is 0.153. The van der Waals surface area contributed by atoms with Crippen LogP contribution in [0.1, 0.15) is 18.3 Å². The zero-order chi connectivity index (χ0) is 12.1. The summed E-state index contributed by atoms with van der Waals surface area (Å²) in [5.74, 6) is 0. The lowest BCUT2D eigenvalue weighted by Crippen LogP contribution is -2.17. The van der Waals surface area contributed by atoms with E-state index in [0.29, 0.717) is 6.54 Å². The van der Waals surface area contributed by atoms with Gasteiger partial charge in [-0.05, 0) is 19.1 Å². The molecule has 2 aromatic heterocycles. The minimum Gasteiger partial charge on any atom is -0.356 e. The van der Waals surface area contributed by atoms with Crippen LogP contribution in [0.2, 0.25) is 0 Å². The second-order valence-electron chi connectivity index (χ2n) is 4.00. The van der Waals surface area contributed by atoms with E-state index in [9.17, 15) is 0 Å². The third kappa shape index (κ3) is 3.80. The van der Waals surface area contributed by atoms with Gasteiger partial charge in [0.25, 0.3) is 0 Å². The molecule has 0 aliphatic rings. The maximum absolute atomic E-state index is 5.73. The fourth-order valence-corrected chi connectivity index (χ4v) is 2.20. The van der Waals surface area contributed by atoms with Gasteiger partial charge in [0.15, 0.2) is 5.13 Å². The number of aromatic nitrogens is 2. The van der Waals surface area contributed by atoms with Gasteiger partial charge in [-0.25, -0.2) is 4.98 Å². The molecule has 0 aliphatic heterocycles. The third-order valence-electron chi connectivity index (χ3n) is 2.23. The van der Waals surface area contributed by atoms with Crippen LogP contribution < -0.4 is 11.1 Å². The summed E-state index contributed by atoms with van der Waals surface area (Å²) in [4.78, 5) is 8.71. The van der Waals surface area contributed by atoms with Crippen LogP contribution in [-0.4, -0.2) is 16.0 Å². The van der Waals surface area contributed by atoms with E-state index < -0.39 is 0 Å². The Kier molecular flexibility index (Phi) is 4.06. The molecule has 3 N–H and O–H groups in total. The molecular weight excluding hydrogens is 232 g/mol. The lowest BCUT2D eigenvalue weighted by molar-refractivity contribution is 0.726. The Morgan fingerprint density at radius 2 is 2.29 bits per heavy atom. The third-order valence-corrected chi connectivity index (χ3v) is 3.08. The van der Waals surface area contributed by atoms with Gasteiger partial charge in [-0.1, -0.05) is 6.07 Å². The first kappa shape index (κ1) is 12.0. The van der Waals surface area contributed by atoms with E-state index in [4.69, 9.17) is 5.73 Å². The molecule has 0 aliphatic carbocycles. The average Bonchev–Trinajstić information content (AvgIpc) is 2.75. The van der Waals surface area contributed by atoms with Gasteiger partial charge in [-0.3, -0.25) is 4.98 Å². The molecule has 0 spiro atoms. The molecule has 0 saturated carbocycles. The average molecular weight is 248 g/mol. The Labute approximate surface area is 105 Å². The number of nitrogens with zero attached hydrogens (tertiary/aromatic N) is 2. The quantitative estimate of drug-likeness (QED) is 0.850. The first-order valence-corrected chi connectivity index (χ1v) is 6.46. The number of rotatable bonds is 5. The van der Waals surface area contributed by atoms with Gasteiger partial charge in [-0.15, -0.1) is 11.3 Å². The Bertz CT molecular complexity index is 453. The molecule has 0 amide bonds. The zero-order valence-corrected chi connectivity index (χ0v) is 10.6. The molecule has 5 heteroatoms. The van der Waals surface area contributed by atoms with Gasteiger partial charge in [0.05, 0.1) is 17.9 Å². The molecule has 2 aromatic rings. The summed E-state index contributed by atoms with van der Waals surface area (Å²) < 4.78 is 0. The summed E-state index contributed by atoms with van der Waals surface area (Å²) in [5, 5.41) is 6.23. The van der Waals surface area contributed by atoms with Crippen molar-refractivity contribution in [3.8, 4) is 0 Å². The van der Waals surface area contributed by atoms with Crippen molar-refractivity contribution in [2.75, 3.05) is 5.32 Å². The summed E-state index contributed by atoms with van der Waals surface area (Å²) in [6.07, 6.45) is 2.61. The standard InChI is InChI=1S/C12H16N4S/c1-9(13)6-11-8-17-12(16-11)15-7-10-4-2-3-5-14-10/h2-5,8-9H,6-7,13H2,1H3,(H,15,16). The van der Waals surface area contributed by atoms with Crippen molar-refractivity contribution < 1.29 is 0 Å². The van der Waals surface area contributed by atoms with Crippen LogP contribution in [0.3, 0.4) is 0 Å². The first-order valence-electron chi connectivity index (χ1n) is 5.58. The largest absolute Gasteiger partial charge is 0.356 e. The Balaban J connectivity index is 1.89. The predicted octanol–water partition coefficient (Wildman–Crippen LogP) is 2.04. The molecule has 0 saturated heterocycles. The smallest absolute Gasteiger partial charge is 0.183 e. The number of thiazole rings is 1. The van der Waals surface area contributed by atoms with Crippen molar-refractivity contribution in [1.29, 1.82) is 0 Å². The van der Waals surface area contributed by atoms with E-state index in [2.05, 4.69) is 15.3 Å². The molecular formula is C12H16N4S. The van der Waals surface area contributed by atoms with Crippen molar-refractivity contribution in [3.63, 3.8) is 0 Å². The van der Waals surface area contributed by atoms with Crippen LogP contribution >= 0.6 is 11.3 Å². The Hall–Kier alpha value is -1.46. The van der Waals surface area contributed by atoms with E-state index in [1.807, 2.05) is 30.5 Å². The maximum Gasteiger partial charge on any atom is 0.183 e. The van der Waals surface area contributed by atoms with Crippen molar-refractivity contribution in [2.24, 2.45) is 5.73 Å². The monoisotopic (exact) mass is 248 g/mol. The molecule has 17 heavy (non-hydrogen) atoms. The minimum absolute atomic E-state index is 0.153. The number of nitrogens with one attached hydrogen (secondary N) is 1. The van der Waals surface area contributed by atoms with Crippen LogP contribution in [0.25, 0.3) is 0 Å². The van der Waals surface area contributed by atoms with E-state index in [0.717, 1.165) is 22.9 Å². The second kappa shape index (κ2) is 5.75. The summed E-state index contributed by atoms with van der Waals surface area (Å²) in [6, 6.07) is 6.03. The molecule has 1 unspecified atom stereocenters. The van der Waals surface area contributed by atoms with Gasteiger partial charge < -0.3 is 11.1 Å². The molecule has 4 nitrogen and oxygen atoms in total. The lowest BCUT2D eigenvalue weighted by atomic mass is 10.2. The number of hydrogen-bond donors (Lipinski definition) is 2. The second-order valence-corrected chi connectivity index (χ2v) is 4.86. The molecule has 90 valence electrons. The fourth-order valence-electron chi connectivity index (χ4n) is 1.48. The lowest BCUT2D eigenvalue weighted by Gasteiger charge is -2.02. The molecule has 0 bridgehead atoms. The van der Waals surface area contributed by atoms with Gasteiger partial charge in [0.1, 0.15) is 0 Å². The number of anilines is 1. The number of hydrogen-bond acceptors (Lipinski definition) is 5. The molecule has 1 atom stereocenters. The van der Waals surface area contributed by atoms with E-state index >= 15 is 0 Å². The summed E-state index contributed by atoms with van der Waals surface area (Å²) in [5.41, 5.74) is 7.79. The van der Waals surface area contributed by atoms with Crippen molar-refractivity contribution in [1.82, 2.24) is 9.97 Å². The van der Waals surface area contributed by atoms with Crippen LogP contribution in [0, 0.1) is 0 Å². The van der Waals surface area contributed by atoms with E-state index in [1.165, 1.54) is 0 Å². The zero-order valence-electron chi connectivity index (χ0n) is 9.76. The first-order chi connectivity index (χ1) is 8.24. The molecule has 0 radical (unpaired) electrons.